The van der Waals surface area contributed by atoms with Crippen LogP contribution in [0.3, 0.4) is 0 Å². The molecular weight excluding hydrogens is 212 g/mol. The van der Waals surface area contributed by atoms with Gasteiger partial charge in [0.2, 0.25) is 0 Å². The first-order valence-corrected chi connectivity index (χ1v) is 7.22. The Morgan fingerprint density at radius 1 is 1.41 bits per heavy atom. The maximum atomic E-state index is 6.02. The van der Waals surface area contributed by atoms with Gasteiger partial charge in [0, 0.05) is 18.7 Å². The first kappa shape index (κ1) is 13.3. The summed E-state index contributed by atoms with van der Waals surface area (Å²) in [6, 6.07) is 0. The van der Waals surface area contributed by atoms with Gasteiger partial charge in [0.15, 0.2) is 0 Å². The minimum absolute atomic E-state index is 0.141. The van der Waals surface area contributed by atoms with Gasteiger partial charge < -0.3 is 15.8 Å². The predicted octanol–water partition coefficient (Wildman–Crippen LogP) is 1.91. The summed E-state index contributed by atoms with van der Waals surface area (Å²) in [7, 11) is 0. The lowest BCUT2D eigenvalue weighted by atomic mass is 9.83. The smallest absolute Gasteiger partial charge is 0.0616 e. The van der Waals surface area contributed by atoms with Crippen LogP contribution in [0.25, 0.3) is 0 Å². The third-order valence-corrected chi connectivity index (χ3v) is 4.39. The Kier molecular flexibility index (Phi) is 4.45. The van der Waals surface area contributed by atoms with Gasteiger partial charge in [0.1, 0.15) is 0 Å². The first-order valence-electron chi connectivity index (χ1n) is 7.22. The minimum Gasteiger partial charge on any atom is -0.378 e. The fraction of sp³-hybridized carbons (Fsp3) is 1.00. The molecule has 2 fully saturated rings. The molecule has 1 aliphatic carbocycles. The molecule has 3 N–H and O–H groups in total. The molecule has 1 saturated heterocycles. The highest BCUT2D eigenvalue weighted by Gasteiger charge is 2.36. The largest absolute Gasteiger partial charge is 0.378 e. The number of ether oxygens (including phenoxy) is 1. The number of hydrogen-bond donors (Lipinski definition) is 2. The van der Waals surface area contributed by atoms with Crippen molar-refractivity contribution in [1.82, 2.24) is 5.32 Å². The van der Waals surface area contributed by atoms with Gasteiger partial charge in [-0.15, -0.1) is 0 Å². The van der Waals surface area contributed by atoms with Crippen molar-refractivity contribution in [2.24, 2.45) is 17.6 Å². The molecule has 0 bridgehead atoms. The van der Waals surface area contributed by atoms with Gasteiger partial charge in [-0.3, -0.25) is 0 Å². The van der Waals surface area contributed by atoms with E-state index in [4.69, 9.17) is 10.5 Å². The van der Waals surface area contributed by atoms with Crippen molar-refractivity contribution in [2.75, 3.05) is 19.7 Å². The number of nitrogens with one attached hydrogen (secondary N) is 1. The van der Waals surface area contributed by atoms with Crippen LogP contribution in [0.1, 0.15) is 46.0 Å². The second-order valence-corrected chi connectivity index (χ2v) is 6.25. The second kappa shape index (κ2) is 5.68. The Balaban J connectivity index is 1.82. The Labute approximate surface area is 105 Å². The Morgan fingerprint density at radius 2 is 2.18 bits per heavy atom. The van der Waals surface area contributed by atoms with Gasteiger partial charge in [-0.2, -0.15) is 0 Å². The summed E-state index contributed by atoms with van der Waals surface area (Å²) in [5, 5.41) is 3.74. The highest BCUT2D eigenvalue weighted by atomic mass is 16.5. The molecule has 0 amide bonds. The summed E-state index contributed by atoms with van der Waals surface area (Å²) in [5.74, 6) is 1.59. The van der Waals surface area contributed by atoms with Crippen molar-refractivity contribution in [3.63, 3.8) is 0 Å². The molecule has 3 nitrogen and oxygen atoms in total. The van der Waals surface area contributed by atoms with E-state index in [0.717, 1.165) is 38.5 Å². The van der Waals surface area contributed by atoms with E-state index in [1.807, 2.05) is 0 Å². The van der Waals surface area contributed by atoms with Crippen LogP contribution < -0.4 is 11.1 Å². The van der Waals surface area contributed by atoms with Gasteiger partial charge in [0.25, 0.3) is 0 Å². The number of hydrogen-bond acceptors (Lipinski definition) is 3. The monoisotopic (exact) mass is 240 g/mol. The molecule has 17 heavy (non-hydrogen) atoms. The molecule has 1 saturated carbocycles. The van der Waals surface area contributed by atoms with Crippen molar-refractivity contribution in [1.29, 1.82) is 0 Å². The first-order chi connectivity index (χ1) is 8.15. The topological polar surface area (TPSA) is 47.3 Å². The lowest BCUT2D eigenvalue weighted by molar-refractivity contribution is -0.0493. The zero-order valence-corrected chi connectivity index (χ0v) is 11.4. The molecule has 0 radical (unpaired) electrons. The average Bonchev–Trinajstić information content (AvgIpc) is 3.13. The molecule has 0 aromatic heterocycles. The third-order valence-electron chi connectivity index (χ3n) is 4.39. The average molecular weight is 240 g/mol. The zero-order valence-electron chi connectivity index (χ0n) is 11.4. The third kappa shape index (κ3) is 3.67. The van der Waals surface area contributed by atoms with E-state index >= 15 is 0 Å². The van der Waals surface area contributed by atoms with Crippen LogP contribution in [0, 0.1) is 11.8 Å². The van der Waals surface area contributed by atoms with Gasteiger partial charge in [0.05, 0.1) is 6.10 Å². The lowest BCUT2D eigenvalue weighted by Gasteiger charge is -2.42. The van der Waals surface area contributed by atoms with Crippen LogP contribution in [0.15, 0.2) is 0 Å². The maximum absolute atomic E-state index is 6.02. The van der Waals surface area contributed by atoms with Gasteiger partial charge in [-0.05, 0) is 37.6 Å². The molecule has 2 atom stereocenters. The van der Waals surface area contributed by atoms with E-state index in [-0.39, 0.29) is 5.54 Å². The van der Waals surface area contributed by atoms with Crippen molar-refractivity contribution < 1.29 is 4.74 Å². The summed E-state index contributed by atoms with van der Waals surface area (Å²) >= 11 is 0. The fourth-order valence-electron chi connectivity index (χ4n) is 2.75. The Morgan fingerprint density at radius 3 is 2.76 bits per heavy atom. The number of nitrogens with two attached hydrogens (primary N) is 1. The van der Waals surface area contributed by atoms with Gasteiger partial charge in [-0.1, -0.05) is 26.7 Å². The summed E-state index contributed by atoms with van der Waals surface area (Å²) < 4.78 is 5.84. The molecule has 2 unspecified atom stereocenters. The normalized spacial score (nSPS) is 34.2. The molecule has 100 valence electrons. The summed E-state index contributed by atoms with van der Waals surface area (Å²) in [4.78, 5) is 0. The highest BCUT2D eigenvalue weighted by molar-refractivity contribution is 4.95. The lowest BCUT2D eigenvalue weighted by Crippen LogP contribution is -2.57. The van der Waals surface area contributed by atoms with Crippen LogP contribution in [0.5, 0.6) is 0 Å². The van der Waals surface area contributed by atoms with Crippen molar-refractivity contribution in [3.05, 3.63) is 0 Å². The van der Waals surface area contributed by atoms with E-state index in [1.54, 1.807) is 0 Å². The molecule has 1 aliphatic heterocycles. The summed E-state index contributed by atoms with van der Waals surface area (Å²) in [5.41, 5.74) is 6.16. The summed E-state index contributed by atoms with van der Waals surface area (Å²) in [6.45, 7) is 7.20. The van der Waals surface area contributed by atoms with Crippen LogP contribution in [-0.2, 0) is 4.74 Å². The van der Waals surface area contributed by atoms with Gasteiger partial charge >= 0.3 is 0 Å². The molecule has 0 aromatic carbocycles. The van der Waals surface area contributed by atoms with Crippen molar-refractivity contribution >= 4 is 0 Å². The molecule has 0 aromatic rings. The van der Waals surface area contributed by atoms with E-state index in [2.05, 4.69) is 19.2 Å². The number of rotatable bonds is 6. The van der Waals surface area contributed by atoms with E-state index in [1.165, 1.54) is 19.3 Å². The minimum atomic E-state index is 0.141. The van der Waals surface area contributed by atoms with Crippen LogP contribution in [-0.4, -0.2) is 31.3 Å². The fourth-order valence-corrected chi connectivity index (χ4v) is 2.75. The summed E-state index contributed by atoms with van der Waals surface area (Å²) in [6.07, 6.45) is 6.73. The highest BCUT2D eigenvalue weighted by Crippen LogP contribution is 2.33. The molecule has 2 rings (SSSR count). The van der Waals surface area contributed by atoms with Crippen LogP contribution >= 0.6 is 0 Å². The Bertz CT molecular complexity index is 240. The van der Waals surface area contributed by atoms with Crippen LogP contribution in [0.2, 0.25) is 0 Å². The molecule has 0 spiro atoms. The van der Waals surface area contributed by atoms with Crippen molar-refractivity contribution in [3.8, 4) is 0 Å². The van der Waals surface area contributed by atoms with Crippen LogP contribution in [0.4, 0.5) is 0 Å². The molecule has 3 heteroatoms. The SMILES string of the molecule is CC(C)C1CC(CN)(NCCC2CC2)CCO1. The zero-order chi connectivity index (χ0) is 12.3. The molecular formula is C14H28N2O. The predicted molar refractivity (Wildman–Crippen MR) is 70.9 cm³/mol. The van der Waals surface area contributed by atoms with E-state index in [9.17, 15) is 0 Å². The molecule has 1 heterocycles. The van der Waals surface area contributed by atoms with E-state index < -0.39 is 0 Å². The quantitative estimate of drug-likeness (QED) is 0.745. The van der Waals surface area contributed by atoms with Crippen molar-refractivity contribution in [2.45, 2.75) is 57.6 Å². The van der Waals surface area contributed by atoms with E-state index in [0.29, 0.717) is 12.0 Å². The maximum Gasteiger partial charge on any atom is 0.0616 e. The molecule has 2 aliphatic rings. The Hall–Kier alpha value is -0.120. The van der Waals surface area contributed by atoms with Gasteiger partial charge in [-0.25, -0.2) is 0 Å². The second-order valence-electron chi connectivity index (χ2n) is 6.25. The standard InChI is InChI=1S/C14H28N2O/c1-11(2)13-9-14(10-15,6-8-17-13)16-7-5-12-3-4-12/h11-13,16H,3-10,15H2,1-2H3.